The predicted octanol–water partition coefficient (Wildman–Crippen LogP) is 9.29. The molecule has 1 aliphatic rings. The van der Waals surface area contributed by atoms with Crippen LogP contribution >= 0.6 is 23.2 Å². The van der Waals surface area contributed by atoms with Crippen molar-refractivity contribution in [2.45, 2.75) is 77.7 Å². The molecule has 47 heavy (non-hydrogen) atoms. The normalized spacial score (nSPS) is 15.2. The Bertz CT molecular complexity index is 1630. The molecule has 8 heteroatoms. The zero-order chi connectivity index (χ0) is 33.6. The molecule has 0 N–H and O–H groups in total. The Morgan fingerprint density at radius 2 is 1.68 bits per heavy atom. The van der Waals surface area contributed by atoms with Gasteiger partial charge in [0.25, 0.3) is 5.91 Å². The van der Waals surface area contributed by atoms with E-state index in [9.17, 15) is 4.79 Å². The fourth-order valence-electron chi connectivity index (χ4n) is 6.65. The first-order valence-corrected chi connectivity index (χ1v) is 18.0. The number of anilines is 1. The van der Waals surface area contributed by atoms with Gasteiger partial charge in [-0.1, -0.05) is 94.1 Å². The lowest BCUT2D eigenvalue weighted by Crippen LogP contribution is -2.35. The molecular weight excluding hydrogens is 625 g/mol. The Morgan fingerprint density at radius 1 is 0.915 bits per heavy atom. The number of benzene rings is 3. The molecule has 1 atom stereocenters. The number of halogens is 2. The summed E-state index contributed by atoms with van der Waals surface area (Å²) in [5.74, 6) is 1.26. The third-order valence-corrected chi connectivity index (χ3v) is 10.3. The molecule has 0 spiro atoms. The van der Waals surface area contributed by atoms with E-state index >= 15 is 0 Å². The van der Waals surface area contributed by atoms with Gasteiger partial charge < -0.3 is 19.3 Å². The zero-order valence-corrected chi connectivity index (χ0v) is 30.3. The van der Waals surface area contributed by atoms with Crippen LogP contribution in [0, 0.1) is 0 Å². The first-order valence-electron chi connectivity index (χ1n) is 17.3. The van der Waals surface area contributed by atoms with Crippen LogP contribution < -0.4 is 4.90 Å². The number of aryl methyl sites for hydroxylation is 1. The van der Waals surface area contributed by atoms with E-state index in [1.165, 1.54) is 30.3 Å². The van der Waals surface area contributed by atoms with Crippen molar-refractivity contribution in [3.05, 3.63) is 93.5 Å². The summed E-state index contributed by atoms with van der Waals surface area (Å²) in [6.45, 7) is 15.3. The molecule has 4 aromatic rings. The van der Waals surface area contributed by atoms with E-state index in [0.29, 0.717) is 22.2 Å². The number of imidazole rings is 1. The molecule has 5 rings (SSSR count). The Hall–Kier alpha value is -3.06. The Balaban J connectivity index is 1.27. The summed E-state index contributed by atoms with van der Waals surface area (Å²) >= 11 is 12.8. The van der Waals surface area contributed by atoms with Gasteiger partial charge in [-0.15, -0.1) is 0 Å². The highest BCUT2D eigenvalue weighted by Gasteiger charge is 2.24. The molecular formula is C39H51Cl2N5O. The average molecular weight is 677 g/mol. The maximum atomic E-state index is 13.5. The van der Waals surface area contributed by atoms with Gasteiger partial charge in [-0.05, 0) is 85.3 Å². The van der Waals surface area contributed by atoms with Gasteiger partial charge in [0.1, 0.15) is 0 Å². The number of para-hydroxylation sites is 2. The summed E-state index contributed by atoms with van der Waals surface area (Å²) < 4.78 is 2.43. The minimum atomic E-state index is 0.0303. The second kappa shape index (κ2) is 15.9. The van der Waals surface area contributed by atoms with Gasteiger partial charge in [0, 0.05) is 51.3 Å². The average Bonchev–Trinajstić information content (AvgIpc) is 3.25. The smallest absolute Gasteiger partial charge is 0.253 e. The molecule has 0 saturated carbocycles. The molecule has 1 amide bonds. The van der Waals surface area contributed by atoms with Crippen LogP contribution in [-0.2, 0) is 12.0 Å². The van der Waals surface area contributed by atoms with Crippen LogP contribution in [0.15, 0.2) is 66.7 Å². The predicted molar refractivity (Wildman–Crippen MR) is 198 cm³/mol. The van der Waals surface area contributed by atoms with E-state index in [2.05, 4.69) is 84.5 Å². The van der Waals surface area contributed by atoms with Crippen molar-refractivity contribution in [3.8, 4) is 0 Å². The van der Waals surface area contributed by atoms with Crippen LogP contribution in [0.3, 0.4) is 0 Å². The fraction of sp³-hybridized carbons (Fsp3) is 0.487. The van der Waals surface area contributed by atoms with E-state index in [1.54, 1.807) is 0 Å². The van der Waals surface area contributed by atoms with Crippen LogP contribution in [0.1, 0.15) is 87.2 Å². The third-order valence-electron chi connectivity index (χ3n) is 9.54. The number of nitrogens with zero attached hydrogens (tertiary/aromatic N) is 5. The molecule has 1 fully saturated rings. The van der Waals surface area contributed by atoms with Crippen LogP contribution in [0.25, 0.3) is 11.0 Å². The molecule has 1 unspecified atom stereocenters. The second-order valence-corrected chi connectivity index (χ2v) is 14.9. The monoisotopic (exact) mass is 675 g/mol. The van der Waals surface area contributed by atoms with Gasteiger partial charge in [0.15, 0.2) is 0 Å². The number of rotatable bonds is 12. The van der Waals surface area contributed by atoms with Crippen molar-refractivity contribution in [2.24, 2.45) is 0 Å². The number of likely N-dealkylation sites (N-methyl/N-ethyl adjacent to an activating group) is 1. The molecule has 0 aliphatic carbocycles. The Labute approximate surface area is 291 Å². The van der Waals surface area contributed by atoms with Crippen molar-refractivity contribution in [3.63, 3.8) is 0 Å². The second-order valence-electron chi connectivity index (χ2n) is 14.1. The lowest BCUT2D eigenvalue weighted by atomic mass is 9.86. The number of aromatic nitrogens is 2. The Morgan fingerprint density at radius 3 is 2.40 bits per heavy atom. The van der Waals surface area contributed by atoms with Crippen LogP contribution in [-0.4, -0.2) is 71.6 Å². The van der Waals surface area contributed by atoms with Gasteiger partial charge in [0.2, 0.25) is 5.95 Å². The molecule has 0 bridgehead atoms. The van der Waals surface area contributed by atoms with Crippen molar-refractivity contribution in [1.82, 2.24) is 19.4 Å². The molecule has 1 aliphatic heterocycles. The fourth-order valence-corrected chi connectivity index (χ4v) is 6.96. The first kappa shape index (κ1) is 35.3. The number of carbonyl (C=O) groups excluding carboxylic acids is 1. The number of hydrogen-bond acceptors (Lipinski definition) is 4. The van der Waals surface area contributed by atoms with Crippen molar-refractivity contribution < 1.29 is 4.79 Å². The molecule has 0 radical (unpaired) electrons. The summed E-state index contributed by atoms with van der Waals surface area (Å²) in [4.78, 5) is 25.6. The Kier molecular flexibility index (Phi) is 11.9. The standard InChI is InChI=1S/C39H51Cl2N5O/c1-6-7-10-23-46-36-13-9-8-12-35(36)42-38(46)45-22-11-21-44(25-26-45)24-20-31(30-16-19-33(40)34(41)27-30)28-43(5)37(47)29-14-17-32(18-15-29)39(2,3)4/h8-9,12-19,27,31H,6-7,10-11,20-26,28H2,1-5H3. The SMILES string of the molecule is CCCCCn1c(N2CCCN(CCC(CN(C)C(=O)c3ccc(C(C)(C)C)cc3)c3ccc(Cl)c(Cl)c3)CC2)nc2ccccc21. The summed E-state index contributed by atoms with van der Waals surface area (Å²) in [5.41, 5.74) is 5.39. The maximum Gasteiger partial charge on any atom is 0.253 e. The lowest BCUT2D eigenvalue weighted by Gasteiger charge is -2.28. The topological polar surface area (TPSA) is 44.6 Å². The highest BCUT2D eigenvalue weighted by Crippen LogP contribution is 2.30. The lowest BCUT2D eigenvalue weighted by molar-refractivity contribution is 0.0782. The number of unbranched alkanes of at least 4 members (excludes halogenated alkanes) is 2. The van der Waals surface area contributed by atoms with Crippen LogP contribution in [0.4, 0.5) is 5.95 Å². The van der Waals surface area contributed by atoms with Gasteiger partial charge >= 0.3 is 0 Å². The van der Waals surface area contributed by atoms with Gasteiger partial charge in [-0.25, -0.2) is 4.98 Å². The number of amides is 1. The van der Waals surface area contributed by atoms with E-state index in [-0.39, 0.29) is 17.2 Å². The minimum Gasteiger partial charge on any atom is -0.341 e. The number of fused-ring (bicyclic) bond motifs is 1. The highest BCUT2D eigenvalue weighted by atomic mass is 35.5. The third kappa shape index (κ3) is 8.90. The quantitative estimate of drug-likeness (QED) is 0.140. The molecule has 1 saturated heterocycles. The first-order chi connectivity index (χ1) is 22.5. The number of carbonyl (C=O) groups is 1. The number of hydrogen-bond donors (Lipinski definition) is 0. The van der Waals surface area contributed by atoms with E-state index < -0.39 is 0 Å². The summed E-state index contributed by atoms with van der Waals surface area (Å²) in [7, 11) is 1.90. The zero-order valence-electron chi connectivity index (χ0n) is 28.8. The van der Waals surface area contributed by atoms with Gasteiger partial charge in [0.05, 0.1) is 21.1 Å². The van der Waals surface area contributed by atoms with Gasteiger partial charge in [-0.2, -0.15) is 0 Å². The van der Waals surface area contributed by atoms with Crippen molar-refractivity contribution in [2.75, 3.05) is 51.2 Å². The summed E-state index contributed by atoms with van der Waals surface area (Å²) in [6.07, 6.45) is 5.59. The van der Waals surface area contributed by atoms with Crippen LogP contribution in [0.5, 0.6) is 0 Å². The summed E-state index contributed by atoms with van der Waals surface area (Å²) in [6, 6.07) is 22.5. The molecule has 3 aromatic carbocycles. The van der Waals surface area contributed by atoms with Crippen molar-refractivity contribution >= 4 is 46.1 Å². The van der Waals surface area contributed by atoms with Crippen LogP contribution in [0.2, 0.25) is 10.0 Å². The molecule has 1 aromatic heterocycles. The largest absolute Gasteiger partial charge is 0.341 e. The minimum absolute atomic E-state index is 0.0303. The van der Waals surface area contributed by atoms with E-state index in [0.717, 1.165) is 69.1 Å². The van der Waals surface area contributed by atoms with Gasteiger partial charge in [-0.3, -0.25) is 4.79 Å². The summed E-state index contributed by atoms with van der Waals surface area (Å²) in [5, 5.41) is 1.10. The molecule has 6 nitrogen and oxygen atoms in total. The molecule has 2 heterocycles. The maximum absolute atomic E-state index is 13.5. The van der Waals surface area contributed by atoms with E-state index in [1.807, 2.05) is 36.2 Å². The van der Waals surface area contributed by atoms with Crippen molar-refractivity contribution in [1.29, 1.82) is 0 Å². The highest BCUT2D eigenvalue weighted by molar-refractivity contribution is 6.42. The van der Waals surface area contributed by atoms with E-state index in [4.69, 9.17) is 28.2 Å². The molecule has 252 valence electrons.